The lowest BCUT2D eigenvalue weighted by atomic mass is 10.1. The van der Waals surface area contributed by atoms with Crippen LogP contribution in [-0.2, 0) is 0 Å². The van der Waals surface area contributed by atoms with E-state index < -0.39 is 11.6 Å². The topological polar surface area (TPSA) is 53.9 Å². The molecule has 1 aromatic carbocycles. The van der Waals surface area contributed by atoms with E-state index in [9.17, 15) is 8.78 Å². The number of hydrogen-bond acceptors (Lipinski definition) is 5. The molecule has 1 aliphatic heterocycles. The molecular formula is C18H17F2N5. The van der Waals surface area contributed by atoms with Gasteiger partial charge in [0, 0.05) is 43.8 Å². The molecule has 0 amide bonds. The Kier molecular flexibility index (Phi) is 4.13. The van der Waals surface area contributed by atoms with E-state index in [0.29, 0.717) is 5.92 Å². The Hall–Kier alpha value is -2.83. The first-order valence-electron chi connectivity index (χ1n) is 8.19. The van der Waals surface area contributed by atoms with Gasteiger partial charge in [-0.15, -0.1) is 0 Å². The molecule has 1 unspecified atom stereocenters. The Balaban J connectivity index is 1.42. The fourth-order valence-electron chi connectivity index (χ4n) is 3.20. The van der Waals surface area contributed by atoms with Crippen LogP contribution in [0.2, 0.25) is 0 Å². The summed E-state index contributed by atoms with van der Waals surface area (Å²) in [5.74, 6) is -0.455. The molecule has 3 aromatic rings. The van der Waals surface area contributed by atoms with E-state index in [-0.39, 0.29) is 0 Å². The van der Waals surface area contributed by atoms with Crippen molar-refractivity contribution in [2.75, 3.05) is 29.9 Å². The maximum absolute atomic E-state index is 13.4. The molecule has 4 rings (SSSR count). The van der Waals surface area contributed by atoms with Crippen LogP contribution in [0.3, 0.4) is 0 Å². The third kappa shape index (κ3) is 3.22. The summed E-state index contributed by atoms with van der Waals surface area (Å²) < 4.78 is 26.5. The third-order valence-corrected chi connectivity index (χ3v) is 4.55. The van der Waals surface area contributed by atoms with E-state index in [1.807, 2.05) is 6.07 Å². The minimum Gasteiger partial charge on any atom is -0.371 e. The van der Waals surface area contributed by atoms with Crippen LogP contribution >= 0.6 is 0 Å². The second-order valence-electron chi connectivity index (χ2n) is 6.20. The first kappa shape index (κ1) is 15.7. The Morgan fingerprint density at radius 2 is 2.08 bits per heavy atom. The maximum Gasteiger partial charge on any atom is 0.160 e. The SMILES string of the molecule is Fc1ccc(N2CCC(CNc3ncnc4ccncc34)C2)cc1F. The largest absolute Gasteiger partial charge is 0.371 e. The zero-order valence-corrected chi connectivity index (χ0v) is 13.5. The molecule has 0 aliphatic carbocycles. The highest BCUT2D eigenvalue weighted by atomic mass is 19.2. The molecule has 5 nitrogen and oxygen atoms in total. The van der Waals surface area contributed by atoms with Gasteiger partial charge in [0.25, 0.3) is 0 Å². The maximum atomic E-state index is 13.4. The average Bonchev–Trinajstić information content (AvgIpc) is 3.11. The Bertz CT molecular complexity index is 896. The Morgan fingerprint density at radius 3 is 2.96 bits per heavy atom. The zero-order chi connectivity index (χ0) is 17.2. The molecule has 0 spiro atoms. The first-order chi connectivity index (χ1) is 12.2. The van der Waals surface area contributed by atoms with E-state index in [2.05, 4.69) is 25.2 Å². The lowest BCUT2D eigenvalue weighted by molar-refractivity contribution is 0.508. The van der Waals surface area contributed by atoms with Gasteiger partial charge in [0.05, 0.1) is 10.9 Å². The van der Waals surface area contributed by atoms with Gasteiger partial charge in [-0.1, -0.05) is 0 Å². The van der Waals surface area contributed by atoms with Gasteiger partial charge in [-0.3, -0.25) is 4.98 Å². The van der Waals surface area contributed by atoms with E-state index >= 15 is 0 Å². The van der Waals surface area contributed by atoms with Crippen molar-refractivity contribution in [2.24, 2.45) is 5.92 Å². The van der Waals surface area contributed by atoms with Crippen LogP contribution < -0.4 is 10.2 Å². The van der Waals surface area contributed by atoms with Crippen LogP contribution in [0, 0.1) is 17.6 Å². The lowest BCUT2D eigenvalue weighted by Gasteiger charge is -2.19. The second kappa shape index (κ2) is 6.58. The molecule has 1 aliphatic rings. The molecule has 7 heteroatoms. The fourth-order valence-corrected chi connectivity index (χ4v) is 3.20. The molecule has 1 fully saturated rings. The molecule has 0 radical (unpaired) electrons. The van der Waals surface area contributed by atoms with Crippen LogP contribution in [-0.4, -0.2) is 34.6 Å². The van der Waals surface area contributed by atoms with Crippen LogP contribution in [0.15, 0.2) is 43.0 Å². The monoisotopic (exact) mass is 341 g/mol. The van der Waals surface area contributed by atoms with Crippen LogP contribution in [0.4, 0.5) is 20.3 Å². The van der Waals surface area contributed by atoms with Crippen LogP contribution in [0.5, 0.6) is 0 Å². The Morgan fingerprint density at radius 1 is 1.16 bits per heavy atom. The molecule has 25 heavy (non-hydrogen) atoms. The molecule has 0 bridgehead atoms. The number of pyridine rings is 1. The lowest BCUT2D eigenvalue weighted by Crippen LogP contribution is -2.22. The number of nitrogens with zero attached hydrogens (tertiary/aromatic N) is 4. The van der Waals surface area contributed by atoms with Crippen molar-refractivity contribution in [3.63, 3.8) is 0 Å². The summed E-state index contributed by atoms with van der Waals surface area (Å²) in [6.07, 6.45) is 5.97. The third-order valence-electron chi connectivity index (χ3n) is 4.55. The highest BCUT2D eigenvalue weighted by Crippen LogP contribution is 2.26. The summed E-state index contributed by atoms with van der Waals surface area (Å²) in [6.45, 7) is 2.37. The number of nitrogens with one attached hydrogen (secondary N) is 1. The summed E-state index contributed by atoms with van der Waals surface area (Å²) >= 11 is 0. The van der Waals surface area contributed by atoms with Crippen molar-refractivity contribution >= 4 is 22.4 Å². The van der Waals surface area contributed by atoms with Gasteiger partial charge >= 0.3 is 0 Å². The number of aromatic nitrogens is 3. The predicted octanol–water partition coefficient (Wildman–Crippen LogP) is 3.24. The van der Waals surface area contributed by atoms with Crippen molar-refractivity contribution in [3.05, 3.63) is 54.6 Å². The van der Waals surface area contributed by atoms with Crippen molar-refractivity contribution in [1.29, 1.82) is 0 Å². The minimum atomic E-state index is -0.814. The fraction of sp³-hybridized carbons (Fsp3) is 0.278. The summed E-state index contributed by atoms with van der Waals surface area (Å²) in [5.41, 5.74) is 1.57. The molecule has 128 valence electrons. The van der Waals surface area contributed by atoms with Gasteiger partial charge in [-0.25, -0.2) is 18.7 Å². The normalized spacial score (nSPS) is 17.2. The van der Waals surface area contributed by atoms with E-state index in [0.717, 1.165) is 48.5 Å². The number of rotatable bonds is 4. The van der Waals surface area contributed by atoms with Gasteiger partial charge in [0.15, 0.2) is 11.6 Å². The van der Waals surface area contributed by atoms with Gasteiger partial charge in [-0.05, 0) is 30.5 Å². The molecule has 2 aromatic heterocycles. The molecule has 0 saturated carbocycles. The average molecular weight is 341 g/mol. The van der Waals surface area contributed by atoms with Gasteiger partial charge < -0.3 is 10.2 Å². The quantitative estimate of drug-likeness (QED) is 0.789. The van der Waals surface area contributed by atoms with Crippen molar-refractivity contribution in [1.82, 2.24) is 15.0 Å². The van der Waals surface area contributed by atoms with Crippen molar-refractivity contribution < 1.29 is 8.78 Å². The smallest absolute Gasteiger partial charge is 0.160 e. The summed E-state index contributed by atoms with van der Waals surface area (Å²) in [7, 11) is 0. The van der Waals surface area contributed by atoms with Crippen LogP contribution in [0.25, 0.3) is 10.9 Å². The molecular weight excluding hydrogens is 324 g/mol. The van der Waals surface area contributed by atoms with Gasteiger partial charge in [0.1, 0.15) is 12.1 Å². The van der Waals surface area contributed by atoms with Crippen molar-refractivity contribution in [3.8, 4) is 0 Å². The number of halogens is 2. The van der Waals surface area contributed by atoms with Gasteiger partial charge in [0.2, 0.25) is 0 Å². The molecule has 1 atom stereocenters. The number of anilines is 2. The van der Waals surface area contributed by atoms with E-state index in [1.54, 1.807) is 18.5 Å². The molecule has 1 N–H and O–H groups in total. The highest BCUT2D eigenvalue weighted by molar-refractivity contribution is 5.87. The summed E-state index contributed by atoms with van der Waals surface area (Å²) in [4.78, 5) is 14.7. The summed E-state index contributed by atoms with van der Waals surface area (Å²) in [5, 5.41) is 4.26. The summed E-state index contributed by atoms with van der Waals surface area (Å²) in [6, 6.07) is 5.91. The van der Waals surface area contributed by atoms with E-state index in [1.165, 1.54) is 18.5 Å². The standard InChI is InChI=1S/C18H17F2N5/c19-15-2-1-13(7-16(15)20)25-6-4-12(10-25)8-22-18-14-9-21-5-3-17(14)23-11-24-18/h1-3,5,7,9,11-12H,4,6,8,10H2,(H,22,23,24). The van der Waals surface area contributed by atoms with Crippen molar-refractivity contribution in [2.45, 2.75) is 6.42 Å². The predicted molar refractivity (Wildman–Crippen MR) is 92.5 cm³/mol. The first-order valence-corrected chi connectivity index (χ1v) is 8.19. The second-order valence-corrected chi connectivity index (χ2v) is 6.20. The number of hydrogen-bond donors (Lipinski definition) is 1. The minimum absolute atomic E-state index is 0.398. The highest BCUT2D eigenvalue weighted by Gasteiger charge is 2.23. The number of fused-ring (bicyclic) bond motifs is 1. The number of benzene rings is 1. The van der Waals surface area contributed by atoms with E-state index in [4.69, 9.17) is 0 Å². The van der Waals surface area contributed by atoms with Crippen LogP contribution in [0.1, 0.15) is 6.42 Å². The zero-order valence-electron chi connectivity index (χ0n) is 13.5. The van der Waals surface area contributed by atoms with Gasteiger partial charge in [-0.2, -0.15) is 0 Å². The Labute approximate surface area is 143 Å². The molecule has 1 saturated heterocycles. The molecule has 3 heterocycles.